The average molecular weight is 568 g/mol. The van der Waals surface area contributed by atoms with Crippen LogP contribution in [0.5, 0.6) is 0 Å². The normalized spacial score (nSPS) is 15.2. The van der Waals surface area contributed by atoms with Crippen molar-refractivity contribution in [1.29, 1.82) is 0 Å². The summed E-state index contributed by atoms with van der Waals surface area (Å²) < 4.78 is 29.9. The Hall–Kier alpha value is -2.22. The lowest BCUT2D eigenvalue weighted by molar-refractivity contribution is 0.383. The molecule has 7 heteroatoms. The number of hydrogen-bond donors (Lipinski definition) is 0. The minimum absolute atomic E-state index is 0.129. The van der Waals surface area contributed by atoms with E-state index in [4.69, 9.17) is 4.98 Å². The fourth-order valence-corrected chi connectivity index (χ4v) is 8.25. The highest BCUT2D eigenvalue weighted by molar-refractivity contribution is 7.89. The van der Waals surface area contributed by atoms with E-state index in [9.17, 15) is 8.42 Å². The maximum Gasteiger partial charge on any atom is 0.243 e. The van der Waals surface area contributed by atoms with Gasteiger partial charge in [0.25, 0.3) is 0 Å². The Morgan fingerprint density at radius 1 is 0.846 bits per heavy atom. The van der Waals surface area contributed by atoms with Gasteiger partial charge in [0.1, 0.15) is 0 Å². The van der Waals surface area contributed by atoms with Crippen LogP contribution in [0, 0.1) is 0 Å². The van der Waals surface area contributed by atoms with E-state index in [-0.39, 0.29) is 11.8 Å². The highest BCUT2D eigenvalue weighted by atomic mass is 32.2. The van der Waals surface area contributed by atoms with E-state index >= 15 is 0 Å². The summed E-state index contributed by atoms with van der Waals surface area (Å²) in [5.74, 6) is 0.608. The first kappa shape index (κ1) is 29.8. The molecule has 1 aliphatic heterocycles. The van der Waals surface area contributed by atoms with E-state index in [1.54, 1.807) is 15.6 Å². The predicted molar refractivity (Wildman–Crippen MR) is 165 cm³/mol. The molecule has 0 saturated carbocycles. The molecule has 2 aromatic carbocycles. The zero-order valence-electron chi connectivity index (χ0n) is 24.7. The number of hydrogen-bond acceptors (Lipinski definition) is 5. The predicted octanol–water partition coefficient (Wildman–Crippen LogP) is 7.57. The van der Waals surface area contributed by atoms with E-state index < -0.39 is 10.0 Å². The van der Waals surface area contributed by atoms with Crippen molar-refractivity contribution in [1.82, 2.24) is 9.29 Å². The van der Waals surface area contributed by atoms with Crippen LogP contribution in [0.25, 0.3) is 0 Å². The van der Waals surface area contributed by atoms with Gasteiger partial charge in [-0.1, -0.05) is 91.3 Å². The number of aromatic nitrogens is 1. The molecule has 0 aliphatic carbocycles. The molecule has 0 unspecified atom stereocenters. The molecule has 39 heavy (non-hydrogen) atoms. The Morgan fingerprint density at radius 2 is 1.41 bits per heavy atom. The molecule has 2 heterocycles. The molecule has 0 N–H and O–H groups in total. The maximum absolute atomic E-state index is 14.1. The minimum Gasteiger partial charge on any atom is -0.345 e. The number of sulfonamides is 1. The molecular formula is C32H45N3O2S2. The Labute approximate surface area is 240 Å². The van der Waals surface area contributed by atoms with Gasteiger partial charge in [-0.25, -0.2) is 13.4 Å². The van der Waals surface area contributed by atoms with Crippen molar-refractivity contribution < 1.29 is 8.42 Å². The molecular weight excluding hydrogens is 523 g/mol. The smallest absolute Gasteiger partial charge is 0.243 e. The van der Waals surface area contributed by atoms with Gasteiger partial charge in [-0.3, -0.25) is 0 Å². The van der Waals surface area contributed by atoms with Gasteiger partial charge in [-0.2, -0.15) is 4.31 Å². The molecule has 5 nitrogen and oxygen atoms in total. The summed E-state index contributed by atoms with van der Waals surface area (Å²) in [4.78, 5) is 7.68. The van der Waals surface area contributed by atoms with Crippen LogP contribution in [-0.2, 0) is 22.9 Å². The number of anilines is 1. The summed E-state index contributed by atoms with van der Waals surface area (Å²) in [7, 11) is -3.62. The van der Waals surface area contributed by atoms with Crippen molar-refractivity contribution >= 4 is 26.5 Å². The van der Waals surface area contributed by atoms with Gasteiger partial charge in [0, 0.05) is 38.0 Å². The standard InChI is InChI=1S/C32H45N3O2S2/c1-8-9-25-10-12-26(13-11-25)18-28-21-38-32(33-28)34-14-16-35(17-15-34)39(36,37)31-29(23(4)5)19-27(22(2)3)20-30(31)24(6)7/h10-13,19-24H,8-9,14-18H2,1-7H3. The fraction of sp³-hybridized carbons (Fsp3) is 0.531. The van der Waals surface area contributed by atoms with Gasteiger partial charge in [-0.15, -0.1) is 11.3 Å². The van der Waals surface area contributed by atoms with Gasteiger partial charge >= 0.3 is 0 Å². The molecule has 0 amide bonds. The van der Waals surface area contributed by atoms with Crippen molar-refractivity contribution in [2.45, 2.75) is 90.4 Å². The Kier molecular flexibility index (Phi) is 9.56. The molecule has 3 aromatic rings. The van der Waals surface area contributed by atoms with Crippen molar-refractivity contribution in [3.8, 4) is 0 Å². The lowest BCUT2D eigenvalue weighted by Crippen LogP contribution is -2.49. The third-order valence-corrected chi connectivity index (χ3v) is 10.7. The molecule has 1 aromatic heterocycles. The first-order valence-corrected chi connectivity index (χ1v) is 16.8. The second-order valence-corrected chi connectivity index (χ2v) is 14.5. The summed E-state index contributed by atoms with van der Waals surface area (Å²) >= 11 is 1.66. The van der Waals surface area contributed by atoms with Gasteiger partial charge in [0.15, 0.2) is 5.13 Å². The zero-order valence-corrected chi connectivity index (χ0v) is 26.3. The molecule has 0 spiro atoms. The number of benzene rings is 2. The average Bonchev–Trinajstić information content (AvgIpc) is 3.37. The molecule has 1 fully saturated rings. The van der Waals surface area contributed by atoms with Crippen molar-refractivity contribution in [3.05, 3.63) is 75.3 Å². The lowest BCUT2D eigenvalue weighted by atomic mass is 9.89. The van der Waals surface area contributed by atoms with Crippen LogP contribution in [0.4, 0.5) is 5.13 Å². The molecule has 1 aliphatic rings. The number of piperazine rings is 1. The van der Waals surface area contributed by atoms with Gasteiger partial charge in [0.05, 0.1) is 10.6 Å². The summed E-state index contributed by atoms with van der Waals surface area (Å²) in [6, 6.07) is 13.1. The molecule has 212 valence electrons. The van der Waals surface area contributed by atoms with E-state index in [0.29, 0.717) is 37.0 Å². The van der Waals surface area contributed by atoms with Crippen LogP contribution >= 0.6 is 11.3 Å². The van der Waals surface area contributed by atoms with Crippen LogP contribution in [0.2, 0.25) is 0 Å². The minimum atomic E-state index is -3.62. The second-order valence-electron chi connectivity index (χ2n) is 11.7. The molecule has 1 saturated heterocycles. The lowest BCUT2D eigenvalue weighted by Gasteiger charge is -2.35. The van der Waals surface area contributed by atoms with Crippen molar-refractivity contribution in [3.63, 3.8) is 0 Å². The molecule has 0 atom stereocenters. The van der Waals surface area contributed by atoms with Crippen LogP contribution < -0.4 is 4.90 Å². The van der Waals surface area contributed by atoms with Gasteiger partial charge < -0.3 is 4.90 Å². The highest BCUT2D eigenvalue weighted by Gasteiger charge is 2.34. The van der Waals surface area contributed by atoms with Crippen LogP contribution in [0.1, 0.15) is 106 Å². The monoisotopic (exact) mass is 567 g/mol. The zero-order chi connectivity index (χ0) is 28.3. The number of nitrogens with zero attached hydrogens (tertiary/aromatic N) is 3. The summed E-state index contributed by atoms with van der Waals surface area (Å²) in [5.41, 5.74) is 6.82. The Balaban J connectivity index is 1.49. The molecule has 0 bridgehead atoms. The summed E-state index contributed by atoms with van der Waals surface area (Å²) in [6.07, 6.45) is 3.09. The van der Waals surface area contributed by atoms with E-state index in [0.717, 1.165) is 41.2 Å². The summed E-state index contributed by atoms with van der Waals surface area (Å²) in [5, 5.41) is 3.12. The van der Waals surface area contributed by atoms with Gasteiger partial charge in [-0.05, 0) is 52.0 Å². The quantitative estimate of drug-likeness (QED) is 0.254. The third-order valence-electron chi connectivity index (χ3n) is 7.67. The van der Waals surface area contributed by atoms with E-state index in [1.807, 2.05) is 0 Å². The molecule has 4 rings (SSSR count). The van der Waals surface area contributed by atoms with E-state index in [1.165, 1.54) is 16.7 Å². The molecule has 0 radical (unpaired) electrons. The first-order chi connectivity index (χ1) is 18.5. The van der Waals surface area contributed by atoms with E-state index in [2.05, 4.69) is 95.1 Å². The first-order valence-electron chi connectivity index (χ1n) is 14.5. The topological polar surface area (TPSA) is 53.5 Å². The van der Waals surface area contributed by atoms with Gasteiger partial charge in [0.2, 0.25) is 10.0 Å². The van der Waals surface area contributed by atoms with Crippen LogP contribution in [0.15, 0.2) is 46.7 Å². The third kappa shape index (κ3) is 6.75. The number of rotatable bonds is 10. The van der Waals surface area contributed by atoms with Crippen molar-refractivity contribution in [2.75, 3.05) is 31.1 Å². The Bertz CT molecular complexity index is 1320. The SMILES string of the molecule is CCCc1ccc(Cc2csc(N3CCN(S(=O)(=O)c4c(C(C)C)cc(C(C)C)cc4C(C)C)CC3)n2)cc1. The Morgan fingerprint density at radius 3 is 1.92 bits per heavy atom. The maximum atomic E-state index is 14.1. The fourth-order valence-electron chi connectivity index (χ4n) is 5.28. The highest BCUT2D eigenvalue weighted by Crippen LogP contribution is 2.37. The second kappa shape index (κ2) is 12.5. The number of aryl methyl sites for hydroxylation is 1. The van der Waals surface area contributed by atoms with Crippen LogP contribution in [-0.4, -0.2) is 43.9 Å². The summed E-state index contributed by atoms with van der Waals surface area (Å²) in [6.45, 7) is 17.2. The largest absolute Gasteiger partial charge is 0.345 e. The van der Waals surface area contributed by atoms with Crippen molar-refractivity contribution in [2.24, 2.45) is 0 Å². The van der Waals surface area contributed by atoms with Crippen LogP contribution in [0.3, 0.4) is 0 Å². The number of thiazole rings is 1.